The van der Waals surface area contributed by atoms with Gasteiger partial charge in [-0.1, -0.05) is 36.4 Å². The minimum atomic E-state index is -0.315. The van der Waals surface area contributed by atoms with Crippen LogP contribution in [-0.2, 0) is 6.42 Å². The van der Waals surface area contributed by atoms with Gasteiger partial charge < -0.3 is 10.6 Å². The van der Waals surface area contributed by atoms with Crippen LogP contribution in [0.5, 0.6) is 0 Å². The number of rotatable bonds is 3. The number of hydrogen-bond acceptors (Lipinski definition) is 2. The summed E-state index contributed by atoms with van der Waals surface area (Å²) in [5.74, 6) is -0.222. The number of nitrogens with two attached hydrogens (primary N) is 1. The Morgan fingerprint density at radius 1 is 1.20 bits per heavy atom. The Morgan fingerprint density at radius 2 is 1.90 bits per heavy atom. The second-order valence-electron chi connectivity index (χ2n) is 5.46. The summed E-state index contributed by atoms with van der Waals surface area (Å²) in [5, 5.41) is 0. The summed E-state index contributed by atoms with van der Waals surface area (Å²) in [5.41, 5.74) is 9.38. The molecular weight excluding hydrogens is 251 g/mol. The van der Waals surface area contributed by atoms with Gasteiger partial charge in [0.25, 0.3) is 0 Å². The van der Waals surface area contributed by atoms with Crippen molar-refractivity contribution in [1.29, 1.82) is 0 Å². The molecule has 2 atom stereocenters. The molecular formula is C17H19FN2. The summed E-state index contributed by atoms with van der Waals surface area (Å²) in [6.07, 6.45) is 1.03. The first-order valence-electron chi connectivity index (χ1n) is 7.01. The summed E-state index contributed by atoms with van der Waals surface area (Å²) in [4.78, 5) is 2.28. The fraction of sp³-hybridized carbons (Fsp3) is 0.294. The molecule has 0 radical (unpaired) electrons. The predicted molar refractivity (Wildman–Crippen MR) is 80.3 cm³/mol. The summed E-state index contributed by atoms with van der Waals surface area (Å²) in [7, 11) is 0. The minimum absolute atomic E-state index is 0.222. The van der Waals surface area contributed by atoms with E-state index in [1.165, 1.54) is 17.3 Å². The molecule has 2 aromatic carbocycles. The number of hydrogen-bond donors (Lipinski definition) is 1. The number of anilines is 1. The van der Waals surface area contributed by atoms with Gasteiger partial charge in [-0.05, 0) is 31.0 Å². The maximum atomic E-state index is 13.8. The fourth-order valence-electron chi connectivity index (χ4n) is 2.99. The SMILES string of the molecule is CC1Cc2ccccc2N1CC(N)c1ccccc1F. The lowest BCUT2D eigenvalue weighted by Crippen LogP contribution is -2.36. The average Bonchev–Trinajstić information content (AvgIpc) is 2.76. The van der Waals surface area contributed by atoms with Crippen LogP contribution in [0.3, 0.4) is 0 Å². The van der Waals surface area contributed by atoms with Crippen LogP contribution in [0.1, 0.15) is 24.1 Å². The molecule has 2 N–H and O–H groups in total. The number of para-hydroxylation sites is 1. The van der Waals surface area contributed by atoms with Crippen LogP contribution in [0, 0.1) is 5.82 Å². The van der Waals surface area contributed by atoms with Gasteiger partial charge in [0, 0.05) is 23.8 Å². The molecule has 2 aromatic rings. The zero-order valence-electron chi connectivity index (χ0n) is 11.6. The number of nitrogens with zero attached hydrogens (tertiary/aromatic N) is 1. The third-order valence-corrected chi connectivity index (χ3v) is 4.05. The smallest absolute Gasteiger partial charge is 0.128 e. The highest BCUT2D eigenvalue weighted by molar-refractivity contribution is 5.59. The van der Waals surface area contributed by atoms with Crippen LogP contribution >= 0.6 is 0 Å². The van der Waals surface area contributed by atoms with Crippen molar-refractivity contribution >= 4 is 5.69 Å². The molecule has 0 saturated carbocycles. The third-order valence-electron chi connectivity index (χ3n) is 4.05. The molecule has 2 unspecified atom stereocenters. The first-order valence-corrected chi connectivity index (χ1v) is 7.01. The first kappa shape index (κ1) is 13.1. The quantitative estimate of drug-likeness (QED) is 0.927. The molecule has 2 nitrogen and oxygen atoms in total. The van der Waals surface area contributed by atoms with Gasteiger partial charge in [0.1, 0.15) is 5.82 Å². The molecule has 0 aromatic heterocycles. The van der Waals surface area contributed by atoms with Crippen LogP contribution < -0.4 is 10.6 Å². The number of benzene rings is 2. The molecule has 1 aliphatic rings. The van der Waals surface area contributed by atoms with Gasteiger partial charge in [-0.25, -0.2) is 4.39 Å². The second-order valence-corrected chi connectivity index (χ2v) is 5.46. The molecule has 0 amide bonds. The number of fused-ring (bicyclic) bond motifs is 1. The van der Waals surface area contributed by atoms with Gasteiger partial charge in [0.2, 0.25) is 0 Å². The van der Waals surface area contributed by atoms with E-state index in [1.807, 2.05) is 12.1 Å². The van der Waals surface area contributed by atoms with Crippen molar-refractivity contribution in [1.82, 2.24) is 0 Å². The Bertz CT molecular complexity index is 611. The topological polar surface area (TPSA) is 29.3 Å². The van der Waals surface area contributed by atoms with Crippen molar-refractivity contribution in [3.8, 4) is 0 Å². The molecule has 0 spiro atoms. The second kappa shape index (κ2) is 5.25. The van der Waals surface area contributed by atoms with E-state index in [1.54, 1.807) is 12.1 Å². The molecule has 0 saturated heterocycles. The van der Waals surface area contributed by atoms with Crippen molar-refractivity contribution in [2.75, 3.05) is 11.4 Å². The average molecular weight is 270 g/mol. The normalized spacial score (nSPS) is 18.9. The zero-order valence-corrected chi connectivity index (χ0v) is 11.6. The van der Waals surface area contributed by atoms with Crippen molar-refractivity contribution in [3.63, 3.8) is 0 Å². The lowest BCUT2D eigenvalue weighted by Gasteiger charge is -2.28. The highest BCUT2D eigenvalue weighted by Gasteiger charge is 2.27. The van der Waals surface area contributed by atoms with Crippen molar-refractivity contribution < 1.29 is 4.39 Å². The van der Waals surface area contributed by atoms with Gasteiger partial charge in [-0.15, -0.1) is 0 Å². The van der Waals surface area contributed by atoms with Gasteiger partial charge in [0.05, 0.1) is 6.04 Å². The highest BCUT2D eigenvalue weighted by atomic mass is 19.1. The summed E-state index contributed by atoms with van der Waals surface area (Å²) in [6, 6.07) is 15.2. The van der Waals surface area contributed by atoms with Crippen molar-refractivity contribution in [2.24, 2.45) is 5.73 Å². The van der Waals surface area contributed by atoms with E-state index in [0.717, 1.165) is 6.42 Å². The van der Waals surface area contributed by atoms with Crippen molar-refractivity contribution in [2.45, 2.75) is 25.4 Å². The summed E-state index contributed by atoms with van der Waals surface area (Å²) < 4.78 is 13.8. The van der Waals surface area contributed by atoms with Crippen LogP contribution in [0.4, 0.5) is 10.1 Å². The van der Waals surface area contributed by atoms with E-state index in [0.29, 0.717) is 18.2 Å². The van der Waals surface area contributed by atoms with Crippen LogP contribution in [-0.4, -0.2) is 12.6 Å². The van der Waals surface area contributed by atoms with Crippen LogP contribution in [0.25, 0.3) is 0 Å². The maximum absolute atomic E-state index is 13.8. The van der Waals surface area contributed by atoms with E-state index in [-0.39, 0.29) is 11.9 Å². The monoisotopic (exact) mass is 270 g/mol. The van der Waals surface area contributed by atoms with E-state index in [4.69, 9.17) is 5.73 Å². The molecule has 3 rings (SSSR count). The Kier molecular flexibility index (Phi) is 3.45. The van der Waals surface area contributed by atoms with Gasteiger partial charge in [-0.3, -0.25) is 0 Å². The molecule has 3 heteroatoms. The Hall–Kier alpha value is -1.87. The Morgan fingerprint density at radius 3 is 2.70 bits per heavy atom. The predicted octanol–water partition coefficient (Wildman–Crippen LogP) is 3.28. The van der Waals surface area contributed by atoms with E-state index < -0.39 is 0 Å². The first-order chi connectivity index (χ1) is 9.66. The summed E-state index contributed by atoms with van der Waals surface area (Å²) >= 11 is 0. The van der Waals surface area contributed by atoms with Gasteiger partial charge in [-0.2, -0.15) is 0 Å². The summed E-state index contributed by atoms with van der Waals surface area (Å²) in [6.45, 7) is 2.83. The molecule has 0 aliphatic carbocycles. The Balaban J connectivity index is 1.83. The lowest BCUT2D eigenvalue weighted by molar-refractivity contribution is 0.559. The number of halogens is 1. The fourth-order valence-corrected chi connectivity index (χ4v) is 2.99. The molecule has 0 fully saturated rings. The molecule has 1 heterocycles. The maximum Gasteiger partial charge on any atom is 0.128 e. The van der Waals surface area contributed by atoms with Gasteiger partial charge in [0.15, 0.2) is 0 Å². The van der Waals surface area contributed by atoms with E-state index in [9.17, 15) is 4.39 Å². The van der Waals surface area contributed by atoms with Crippen LogP contribution in [0.15, 0.2) is 48.5 Å². The Labute approximate surface area is 119 Å². The van der Waals surface area contributed by atoms with Crippen LogP contribution in [0.2, 0.25) is 0 Å². The zero-order chi connectivity index (χ0) is 14.1. The van der Waals surface area contributed by atoms with E-state index >= 15 is 0 Å². The largest absolute Gasteiger partial charge is 0.366 e. The molecule has 104 valence electrons. The molecule has 20 heavy (non-hydrogen) atoms. The van der Waals surface area contributed by atoms with Gasteiger partial charge >= 0.3 is 0 Å². The third kappa shape index (κ3) is 2.29. The molecule has 1 aliphatic heterocycles. The van der Waals surface area contributed by atoms with E-state index in [2.05, 4.69) is 30.0 Å². The minimum Gasteiger partial charge on any atom is -0.366 e. The lowest BCUT2D eigenvalue weighted by atomic mass is 10.1. The highest BCUT2D eigenvalue weighted by Crippen LogP contribution is 2.33. The van der Waals surface area contributed by atoms with Crippen molar-refractivity contribution in [3.05, 3.63) is 65.5 Å². The molecule has 0 bridgehead atoms. The standard InChI is InChI=1S/C17H19FN2/c1-12-10-13-6-2-5-9-17(13)20(12)11-16(19)14-7-3-4-8-15(14)18/h2-9,12,16H,10-11,19H2,1H3.